The molecule has 0 radical (unpaired) electrons. The summed E-state index contributed by atoms with van der Waals surface area (Å²) in [7, 11) is 3.85. The van der Waals surface area contributed by atoms with E-state index in [-0.39, 0.29) is 12.4 Å². The lowest BCUT2D eigenvalue weighted by molar-refractivity contribution is -0.145. The topological polar surface area (TPSA) is 82.0 Å². The number of hydrogen-bond donors (Lipinski definition) is 3. The number of carboxylic acid groups (broad SMARTS) is 1. The number of aliphatic carboxylic acids is 1. The molecule has 0 aromatic heterocycles. The molecule has 0 bridgehead atoms. The number of benzene rings is 1. The molecule has 0 fully saturated rings. The first-order chi connectivity index (χ1) is 8.95. The van der Waals surface area contributed by atoms with Gasteiger partial charge in [-0.1, -0.05) is 0 Å². The van der Waals surface area contributed by atoms with Crippen LogP contribution in [0.15, 0.2) is 18.2 Å². The van der Waals surface area contributed by atoms with Gasteiger partial charge in [0.15, 0.2) is 5.54 Å². The number of rotatable bonds is 5. The van der Waals surface area contributed by atoms with Crippen LogP contribution in [0.4, 0.5) is 0 Å². The lowest BCUT2D eigenvalue weighted by Crippen LogP contribution is -2.52. The maximum Gasteiger partial charge on any atom is 0.332 e. The summed E-state index contributed by atoms with van der Waals surface area (Å²) in [5, 5.41) is 22.0. The summed E-state index contributed by atoms with van der Waals surface area (Å²) in [6.45, 7) is 1.28. The number of hydrogen-bond acceptors (Lipinski definition) is 5. The standard InChI is InChI=1S/C13H18N2O4/c1-15(2)6-5-14-13(12(17)18)8-19-11-7-9(16)3-4-10(11)13/h3-4,7,14,16H,5-6,8H2,1-2H3,(H,17,18). The molecule has 2 rings (SSSR count). The van der Waals surface area contributed by atoms with Crippen LogP contribution in [0.5, 0.6) is 11.5 Å². The average Bonchev–Trinajstić information content (AvgIpc) is 2.68. The van der Waals surface area contributed by atoms with Gasteiger partial charge in [-0.15, -0.1) is 0 Å². The minimum atomic E-state index is -1.24. The van der Waals surface area contributed by atoms with Crippen LogP contribution in [0, 0.1) is 0 Å². The molecule has 6 heteroatoms. The normalized spacial score (nSPS) is 21.2. The van der Waals surface area contributed by atoms with Crippen molar-refractivity contribution in [1.82, 2.24) is 10.2 Å². The van der Waals surface area contributed by atoms with Gasteiger partial charge in [0.1, 0.15) is 18.1 Å². The molecule has 6 nitrogen and oxygen atoms in total. The molecule has 19 heavy (non-hydrogen) atoms. The monoisotopic (exact) mass is 266 g/mol. The first-order valence-corrected chi connectivity index (χ1v) is 6.05. The molecule has 1 aliphatic heterocycles. The Morgan fingerprint density at radius 1 is 1.53 bits per heavy atom. The molecule has 0 saturated carbocycles. The number of ether oxygens (including phenoxy) is 1. The molecule has 0 amide bonds. The second-order valence-electron chi connectivity index (χ2n) is 4.91. The van der Waals surface area contributed by atoms with Crippen molar-refractivity contribution >= 4 is 5.97 Å². The summed E-state index contributed by atoms with van der Waals surface area (Å²) < 4.78 is 5.40. The minimum Gasteiger partial charge on any atom is -0.508 e. The maximum absolute atomic E-state index is 11.6. The van der Waals surface area contributed by atoms with Crippen molar-refractivity contribution in [3.63, 3.8) is 0 Å². The predicted molar refractivity (Wildman–Crippen MR) is 69.5 cm³/mol. The van der Waals surface area contributed by atoms with Gasteiger partial charge in [0, 0.05) is 24.7 Å². The van der Waals surface area contributed by atoms with Crippen molar-refractivity contribution in [2.75, 3.05) is 33.8 Å². The largest absolute Gasteiger partial charge is 0.508 e. The average molecular weight is 266 g/mol. The van der Waals surface area contributed by atoms with Crippen LogP contribution in [0.2, 0.25) is 0 Å². The van der Waals surface area contributed by atoms with E-state index in [1.54, 1.807) is 6.07 Å². The smallest absolute Gasteiger partial charge is 0.332 e. The molecule has 1 heterocycles. The molecule has 104 valence electrons. The van der Waals surface area contributed by atoms with E-state index in [1.165, 1.54) is 12.1 Å². The number of nitrogens with zero attached hydrogens (tertiary/aromatic N) is 1. The SMILES string of the molecule is CN(C)CCNC1(C(=O)O)COc2cc(O)ccc21. The molecule has 3 N–H and O–H groups in total. The summed E-state index contributed by atoms with van der Waals surface area (Å²) >= 11 is 0. The third-order valence-electron chi connectivity index (χ3n) is 3.22. The van der Waals surface area contributed by atoms with Gasteiger partial charge in [-0.25, -0.2) is 4.79 Å². The van der Waals surface area contributed by atoms with E-state index in [0.29, 0.717) is 17.9 Å². The molecule has 0 spiro atoms. The van der Waals surface area contributed by atoms with Gasteiger partial charge in [-0.3, -0.25) is 5.32 Å². The van der Waals surface area contributed by atoms with Gasteiger partial charge in [0.2, 0.25) is 0 Å². The van der Waals surface area contributed by atoms with E-state index in [9.17, 15) is 15.0 Å². The highest BCUT2D eigenvalue weighted by Gasteiger charge is 2.47. The zero-order valence-electron chi connectivity index (χ0n) is 11.0. The van der Waals surface area contributed by atoms with E-state index in [2.05, 4.69) is 5.32 Å². The van der Waals surface area contributed by atoms with Crippen molar-refractivity contribution in [1.29, 1.82) is 0 Å². The zero-order valence-corrected chi connectivity index (χ0v) is 11.0. The van der Waals surface area contributed by atoms with Crippen LogP contribution in [-0.2, 0) is 10.3 Å². The van der Waals surface area contributed by atoms with Gasteiger partial charge in [-0.2, -0.15) is 0 Å². The third-order valence-corrected chi connectivity index (χ3v) is 3.22. The maximum atomic E-state index is 11.6. The lowest BCUT2D eigenvalue weighted by atomic mass is 9.92. The fourth-order valence-electron chi connectivity index (χ4n) is 2.14. The highest BCUT2D eigenvalue weighted by Crippen LogP contribution is 2.39. The Morgan fingerprint density at radius 2 is 2.26 bits per heavy atom. The molecular formula is C13H18N2O4. The van der Waals surface area contributed by atoms with E-state index in [4.69, 9.17) is 4.74 Å². The molecule has 1 aliphatic rings. The third kappa shape index (κ3) is 2.50. The summed E-state index contributed by atoms with van der Waals surface area (Å²) in [6, 6.07) is 4.50. The van der Waals surface area contributed by atoms with Crippen LogP contribution in [-0.4, -0.2) is 54.9 Å². The fourth-order valence-corrected chi connectivity index (χ4v) is 2.14. The predicted octanol–water partition coefficient (Wildman–Crippen LogP) is 0.216. The van der Waals surface area contributed by atoms with Crippen molar-refractivity contribution in [3.05, 3.63) is 23.8 Å². The number of phenolic OH excluding ortho intramolecular Hbond substituents is 1. The molecular weight excluding hydrogens is 248 g/mol. The quantitative estimate of drug-likeness (QED) is 0.707. The Labute approximate surface area is 111 Å². The molecule has 0 aliphatic carbocycles. The highest BCUT2D eigenvalue weighted by atomic mass is 16.5. The zero-order chi connectivity index (χ0) is 14.0. The van der Waals surface area contributed by atoms with Gasteiger partial charge in [0.25, 0.3) is 0 Å². The molecule has 0 saturated heterocycles. The van der Waals surface area contributed by atoms with E-state index < -0.39 is 11.5 Å². The van der Waals surface area contributed by atoms with E-state index in [0.717, 1.165) is 6.54 Å². The van der Waals surface area contributed by atoms with Crippen LogP contribution in [0.3, 0.4) is 0 Å². The number of likely N-dealkylation sites (N-methyl/N-ethyl adjacent to an activating group) is 1. The Morgan fingerprint density at radius 3 is 2.89 bits per heavy atom. The van der Waals surface area contributed by atoms with E-state index in [1.807, 2.05) is 19.0 Å². The van der Waals surface area contributed by atoms with Gasteiger partial charge < -0.3 is 19.8 Å². The Bertz CT molecular complexity index is 490. The first-order valence-electron chi connectivity index (χ1n) is 6.05. The van der Waals surface area contributed by atoms with Crippen molar-refractivity contribution in [2.24, 2.45) is 0 Å². The first kappa shape index (κ1) is 13.6. The Hall–Kier alpha value is -1.79. The number of nitrogens with one attached hydrogen (secondary N) is 1. The number of phenols is 1. The summed E-state index contributed by atoms with van der Waals surface area (Å²) in [5.41, 5.74) is -0.685. The highest BCUT2D eigenvalue weighted by molar-refractivity contribution is 5.83. The number of fused-ring (bicyclic) bond motifs is 1. The molecule has 1 atom stereocenters. The summed E-state index contributed by atoms with van der Waals surface area (Å²) in [6.07, 6.45) is 0. The van der Waals surface area contributed by atoms with Gasteiger partial charge >= 0.3 is 5.97 Å². The van der Waals surface area contributed by atoms with Crippen molar-refractivity contribution in [2.45, 2.75) is 5.54 Å². The van der Waals surface area contributed by atoms with Crippen LogP contribution in [0.25, 0.3) is 0 Å². The van der Waals surface area contributed by atoms with Crippen molar-refractivity contribution in [3.8, 4) is 11.5 Å². The van der Waals surface area contributed by atoms with Crippen LogP contribution in [0.1, 0.15) is 5.56 Å². The van der Waals surface area contributed by atoms with Gasteiger partial charge in [-0.05, 0) is 26.2 Å². The molecule has 1 unspecified atom stereocenters. The Kier molecular flexibility index (Phi) is 3.64. The Balaban J connectivity index is 2.26. The second kappa shape index (κ2) is 5.07. The minimum absolute atomic E-state index is 0.0224. The number of aromatic hydroxyl groups is 1. The fraction of sp³-hybridized carbons (Fsp3) is 0.462. The van der Waals surface area contributed by atoms with Crippen LogP contribution >= 0.6 is 0 Å². The number of carbonyl (C=O) groups is 1. The molecule has 1 aromatic rings. The summed E-state index contributed by atoms with van der Waals surface area (Å²) in [5.74, 6) is -0.497. The van der Waals surface area contributed by atoms with Crippen molar-refractivity contribution < 1.29 is 19.7 Å². The van der Waals surface area contributed by atoms with Crippen LogP contribution < -0.4 is 10.1 Å². The van der Waals surface area contributed by atoms with E-state index >= 15 is 0 Å². The molecule has 1 aromatic carbocycles. The summed E-state index contributed by atoms with van der Waals surface area (Å²) in [4.78, 5) is 13.6. The lowest BCUT2D eigenvalue weighted by Gasteiger charge is -2.25. The number of carboxylic acids is 1. The van der Waals surface area contributed by atoms with Gasteiger partial charge in [0.05, 0.1) is 0 Å². The second-order valence-corrected chi connectivity index (χ2v) is 4.91.